The van der Waals surface area contributed by atoms with Crippen LogP contribution in [-0.4, -0.2) is 14.9 Å². The van der Waals surface area contributed by atoms with Crippen molar-refractivity contribution in [3.63, 3.8) is 0 Å². The lowest BCUT2D eigenvalue weighted by Crippen LogP contribution is -2.32. The normalized spacial score (nSPS) is 10.2. The number of nitro groups is 1. The summed E-state index contributed by atoms with van der Waals surface area (Å²) in [6, 6.07) is 3.66. The molecule has 2 N–H and O–H groups in total. The SMILES string of the molecule is Cc1ccc[n+](-c2ncnc(N)c2[N+](=O)[O-])c1. The number of hydrogen-bond acceptors (Lipinski definition) is 5. The summed E-state index contributed by atoms with van der Waals surface area (Å²) in [4.78, 5) is 17.9. The first-order valence-corrected chi connectivity index (χ1v) is 4.83. The van der Waals surface area contributed by atoms with Crippen molar-refractivity contribution in [2.45, 2.75) is 6.92 Å². The molecule has 0 radical (unpaired) electrons. The van der Waals surface area contributed by atoms with E-state index in [0.717, 1.165) is 5.56 Å². The van der Waals surface area contributed by atoms with Gasteiger partial charge in [-0.3, -0.25) is 10.1 Å². The van der Waals surface area contributed by atoms with Crippen molar-refractivity contribution in [2.75, 3.05) is 5.73 Å². The van der Waals surface area contributed by atoms with Crippen LogP contribution in [0.15, 0.2) is 30.9 Å². The maximum absolute atomic E-state index is 10.9. The maximum atomic E-state index is 10.9. The summed E-state index contributed by atoms with van der Waals surface area (Å²) in [7, 11) is 0. The molecule has 7 heteroatoms. The molecule has 86 valence electrons. The first kappa shape index (κ1) is 10.9. The molecule has 0 saturated heterocycles. The minimum absolute atomic E-state index is 0.144. The Labute approximate surface area is 96.7 Å². The summed E-state index contributed by atoms with van der Waals surface area (Å²) in [6.45, 7) is 1.88. The lowest BCUT2D eigenvalue weighted by Gasteiger charge is -1.99. The Morgan fingerprint density at radius 1 is 1.47 bits per heavy atom. The molecule has 0 atom stereocenters. The Kier molecular flexibility index (Phi) is 2.65. The molecule has 0 spiro atoms. The van der Waals surface area contributed by atoms with Crippen LogP contribution in [0.5, 0.6) is 0 Å². The number of rotatable bonds is 2. The van der Waals surface area contributed by atoms with Crippen LogP contribution in [-0.2, 0) is 0 Å². The summed E-state index contributed by atoms with van der Waals surface area (Å²) in [6.07, 6.45) is 4.60. The van der Waals surface area contributed by atoms with Crippen LogP contribution in [0.1, 0.15) is 5.56 Å². The molecule has 2 heterocycles. The van der Waals surface area contributed by atoms with Crippen LogP contribution in [0, 0.1) is 17.0 Å². The van der Waals surface area contributed by atoms with Gasteiger partial charge >= 0.3 is 11.5 Å². The summed E-state index contributed by atoms with van der Waals surface area (Å²) in [5, 5.41) is 10.9. The summed E-state index contributed by atoms with van der Waals surface area (Å²) < 4.78 is 1.55. The Bertz CT molecular complexity index is 585. The van der Waals surface area contributed by atoms with Gasteiger partial charge in [0.25, 0.3) is 0 Å². The van der Waals surface area contributed by atoms with Gasteiger partial charge in [0.15, 0.2) is 0 Å². The zero-order valence-electron chi connectivity index (χ0n) is 9.07. The number of hydrogen-bond donors (Lipinski definition) is 1. The third kappa shape index (κ3) is 2.03. The van der Waals surface area contributed by atoms with Gasteiger partial charge in [0, 0.05) is 0 Å². The number of pyridine rings is 1. The lowest BCUT2D eigenvalue weighted by molar-refractivity contribution is -0.605. The van der Waals surface area contributed by atoms with Gasteiger partial charge in [0.05, 0.1) is 17.3 Å². The molecule has 2 rings (SSSR count). The van der Waals surface area contributed by atoms with Crippen LogP contribution < -0.4 is 10.3 Å². The topological polar surface area (TPSA) is 98.8 Å². The fourth-order valence-electron chi connectivity index (χ4n) is 1.47. The van der Waals surface area contributed by atoms with Crippen molar-refractivity contribution in [3.8, 4) is 5.82 Å². The third-order valence-corrected chi connectivity index (χ3v) is 2.21. The fourth-order valence-corrected chi connectivity index (χ4v) is 1.47. The molecule has 0 unspecified atom stereocenters. The smallest absolute Gasteiger partial charge is 0.378 e. The van der Waals surface area contributed by atoms with Crippen molar-refractivity contribution < 1.29 is 9.49 Å². The van der Waals surface area contributed by atoms with Gasteiger partial charge in [-0.25, -0.2) is 0 Å². The zero-order valence-corrected chi connectivity index (χ0v) is 9.07. The number of aryl methyl sites for hydroxylation is 1. The lowest BCUT2D eigenvalue weighted by atomic mass is 10.3. The van der Waals surface area contributed by atoms with Crippen molar-refractivity contribution in [1.29, 1.82) is 0 Å². The molecule has 0 aliphatic carbocycles. The highest BCUT2D eigenvalue weighted by molar-refractivity contribution is 5.58. The molecular formula is C10H10N5O2+. The molecule has 0 fully saturated rings. The second kappa shape index (κ2) is 4.12. The minimum atomic E-state index is -0.583. The fraction of sp³-hybridized carbons (Fsp3) is 0.100. The number of anilines is 1. The van der Waals surface area contributed by atoms with Crippen molar-refractivity contribution in [2.24, 2.45) is 0 Å². The van der Waals surface area contributed by atoms with E-state index in [4.69, 9.17) is 5.73 Å². The molecule has 7 nitrogen and oxygen atoms in total. The van der Waals surface area contributed by atoms with E-state index < -0.39 is 4.92 Å². The summed E-state index contributed by atoms with van der Waals surface area (Å²) in [5.41, 5.74) is 6.16. The van der Waals surface area contributed by atoms with E-state index in [1.807, 2.05) is 13.0 Å². The zero-order chi connectivity index (χ0) is 12.4. The van der Waals surface area contributed by atoms with Crippen LogP contribution in [0.4, 0.5) is 11.5 Å². The number of nitrogens with two attached hydrogens (primary N) is 1. The summed E-state index contributed by atoms with van der Waals surface area (Å²) >= 11 is 0. The van der Waals surface area contributed by atoms with Gasteiger partial charge in [-0.1, -0.05) is 6.07 Å². The van der Waals surface area contributed by atoms with Crippen LogP contribution in [0.2, 0.25) is 0 Å². The Morgan fingerprint density at radius 2 is 2.24 bits per heavy atom. The first-order chi connectivity index (χ1) is 8.09. The number of nitrogens with zero attached hydrogens (tertiary/aromatic N) is 4. The predicted molar refractivity (Wildman–Crippen MR) is 59.4 cm³/mol. The number of aromatic nitrogens is 3. The van der Waals surface area contributed by atoms with E-state index in [0.29, 0.717) is 0 Å². The van der Waals surface area contributed by atoms with Gasteiger partial charge < -0.3 is 5.73 Å². The Hall–Kier alpha value is -2.57. The van der Waals surface area contributed by atoms with Gasteiger partial charge in [0.1, 0.15) is 0 Å². The molecular weight excluding hydrogens is 222 g/mol. The highest BCUT2D eigenvalue weighted by atomic mass is 16.6. The van der Waals surface area contributed by atoms with Crippen molar-refractivity contribution >= 4 is 11.5 Å². The average Bonchev–Trinajstić information content (AvgIpc) is 2.28. The maximum Gasteiger partial charge on any atom is 0.412 e. The highest BCUT2D eigenvalue weighted by Gasteiger charge is 2.29. The van der Waals surface area contributed by atoms with E-state index >= 15 is 0 Å². The second-order valence-electron chi connectivity index (χ2n) is 3.48. The molecule has 0 aliphatic heterocycles. The predicted octanol–water partition coefficient (Wildman–Crippen LogP) is 0.552. The van der Waals surface area contributed by atoms with E-state index in [1.165, 1.54) is 6.33 Å². The van der Waals surface area contributed by atoms with Gasteiger partial charge in [-0.15, -0.1) is 0 Å². The molecule has 0 aliphatic rings. The van der Waals surface area contributed by atoms with Crippen molar-refractivity contribution in [3.05, 3.63) is 46.5 Å². The van der Waals surface area contributed by atoms with E-state index in [2.05, 4.69) is 9.97 Å². The van der Waals surface area contributed by atoms with Gasteiger partial charge in [-0.2, -0.15) is 9.55 Å². The minimum Gasteiger partial charge on any atom is -0.378 e. The Morgan fingerprint density at radius 3 is 2.88 bits per heavy atom. The molecule has 0 amide bonds. The van der Waals surface area contributed by atoms with Gasteiger partial charge in [-0.05, 0) is 23.5 Å². The standard InChI is InChI=1S/C10H10N5O2/c1-7-3-2-4-14(5-7)10-8(15(16)17)9(11)12-6-13-10/h2-6H,1H3,(H2,11,12,13)/q+1. The monoisotopic (exact) mass is 232 g/mol. The third-order valence-electron chi connectivity index (χ3n) is 2.21. The molecule has 2 aromatic rings. The van der Waals surface area contributed by atoms with E-state index in [-0.39, 0.29) is 17.3 Å². The summed E-state index contributed by atoms with van der Waals surface area (Å²) in [5.74, 6) is 0.0141. The molecule has 2 aromatic heterocycles. The molecule has 0 saturated carbocycles. The average molecular weight is 232 g/mol. The van der Waals surface area contributed by atoms with Crippen molar-refractivity contribution in [1.82, 2.24) is 9.97 Å². The van der Waals surface area contributed by atoms with Crippen LogP contribution >= 0.6 is 0 Å². The first-order valence-electron chi connectivity index (χ1n) is 4.83. The quantitative estimate of drug-likeness (QED) is 0.463. The molecule has 0 bridgehead atoms. The van der Waals surface area contributed by atoms with Crippen LogP contribution in [0.25, 0.3) is 5.82 Å². The molecule has 0 aromatic carbocycles. The largest absolute Gasteiger partial charge is 0.412 e. The molecule has 17 heavy (non-hydrogen) atoms. The van der Waals surface area contributed by atoms with E-state index in [1.54, 1.807) is 23.0 Å². The highest BCUT2D eigenvalue weighted by Crippen LogP contribution is 2.21. The Balaban J connectivity index is 2.67. The second-order valence-corrected chi connectivity index (χ2v) is 3.48. The van der Waals surface area contributed by atoms with E-state index in [9.17, 15) is 10.1 Å². The van der Waals surface area contributed by atoms with Crippen LogP contribution in [0.3, 0.4) is 0 Å². The van der Waals surface area contributed by atoms with Gasteiger partial charge in [0.2, 0.25) is 12.1 Å². The number of nitrogen functional groups attached to an aromatic ring is 1.